The number of rotatable bonds is 15. The van der Waals surface area contributed by atoms with Crippen LogP contribution in [0.1, 0.15) is 42.4 Å². The van der Waals surface area contributed by atoms with Crippen molar-refractivity contribution in [2.75, 3.05) is 25.0 Å². The second kappa shape index (κ2) is 16.6. The largest absolute Gasteiger partial charge is 0.465 e. The summed E-state index contributed by atoms with van der Waals surface area (Å²) in [6, 6.07) is 19.3. The number of carbonyl (C=O) groups is 3. The van der Waals surface area contributed by atoms with Crippen molar-refractivity contribution in [2.24, 2.45) is 16.5 Å². The molecule has 2 atom stereocenters. The first-order chi connectivity index (χ1) is 23.6. The van der Waals surface area contributed by atoms with E-state index in [0.717, 1.165) is 60.1 Å². The number of fused-ring (bicyclic) bond motifs is 1. The molecule has 0 saturated carbocycles. The van der Waals surface area contributed by atoms with Gasteiger partial charge in [-0.3, -0.25) is 19.5 Å². The number of carbonyl (C=O) groups excluding carboxylic acids is 2. The molecule has 2 heterocycles. The van der Waals surface area contributed by atoms with Crippen molar-refractivity contribution in [1.29, 1.82) is 0 Å². The summed E-state index contributed by atoms with van der Waals surface area (Å²) in [5.74, 6) is -1.46. The maximum Gasteiger partial charge on any atom is 0.405 e. The van der Waals surface area contributed by atoms with Crippen LogP contribution >= 0.6 is 0 Å². The molecule has 8 N–H and O–H groups in total. The summed E-state index contributed by atoms with van der Waals surface area (Å²) >= 11 is 0. The molecule has 0 bridgehead atoms. The van der Waals surface area contributed by atoms with E-state index in [9.17, 15) is 23.9 Å². The zero-order valence-corrected chi connectivity index (χ0v) is 27.3. The molecule has 49 heavy (non-hydrogen) atoms. The lowest BCUT2D eigenvalue weighted by Crippen LogP contribution is -2.53. The minimum atomic E-state index is -1.37. The van der Waals surface area contributed by atoms with E-state index in [4.69, 9.17) is 11.5 Å². The Morgan fingerprint density at radius 2 is 1.61 bits per heavy atom. The first kappa shape index (κ1) is 34.9. The standard InChI is InChI=1S/C36H43FN8O4/c37-27-12-10-25(11-13-27)21-45-23-26(22-44-17-4-5-18-44)29-20-28(14-15-32(29)45)41-34(47)31(19-24-7-2-1-3-8-24)42-33(46)30(43-36(48)49)9-6-16-40-35(38)39/h1-3,7-8,10-15,20,23,30-31,43H,4-6,9,16-19,21-22H2,(H,41,47)(H,42,46)(H,48,49)(H4,38,39,40). The smallest absolute Gasteiger partial charge is 0.405 e. The first-order valence-electron chi connectivity index (χ1n) is 16.4. The number of halogens is 1. The highest BCUT2D eigenvalue weighted by molar-refractivity contribution is 6.00. The Hall–Kier alpha value is -5.43. The van der Waals surface area contributed by atoms with Crippen molar-refractivity contribution in [1.82, 2.24) is 20.1 Å². The quantitative estimate of drug-likeness (QED) is 0.0633. The van der Waals surface area contributed by atoms with Gasteiger partial charge in [-0.05, 0) is 85.8 Å². The zero-order valence-electron chi connectivity index (χ0n) is 27.3. The lowest BCUT2D eigenvalue weighted by Gasteiger charge is -2.23. The molecule has 1 aliphatic rings. The number of aliphatic imine (C=N–C) groups is 1. The highest BCUT2D eigenvalue weighted by Crippen LogP contribution is 2.28. The molecular weight excluding hydrogens is 627 g/mol. The van der Waals surface area contributed by atoms with Gasteiger partial charge in [0.25, 0.3) is 0 Å². The fourth-order valence-electron chi connectivity index (χ4n) is 6.16. The SMILES string of the molecule is NC(N)=NCCCC(NC(=O)O)C(=O)NC(Cc1ccccc1)C(=O)Nc1ccc2c(c1)c(CN1CCCC1)cn2Cc1ccc(F)cc1. The Morgan fingerprint density at radius 3 is 2.31 bits per heavy atom. The number of nitrogens with zero attached hydrogens (tertiary/aromatic N) is 3. The van der Waals surface area contributed by atoms with Gasteiger partial charge in [0.05, 0.1) is 0 Å². The molecule has 1 aromatic heterocycles. The highest BCUT2D eigenvalue weighted by Gasteiger charge is 2.27. The molecule has 0 spiro atoms. The second-order valence-corrected chi connectivity index (χ2v) is 12.3. The Bertz CT molecular complexity index is 1770. The van der Waals surface area contributed by atoms with Gasteiger partial charge >= 0.3 is 6.09 Å². The van der Waals surface area contributed by atoms with Gasteiger partial charge in [-0.25, -0.2) is 9.18 Å². The number of nitrogens with two attached hydrogens (primary N) is 2. The van der Waals surface area contributed by atoms with E-state index < -0.39 is 30.0 Å². The predicted octanol–water partition coefficient (Wildman–Crippen LogP) is 3.78. The van der Waals surface area contributed by atoms with Crippen LogP contribution in [0.15, 0.2) is 84.0 Å². The molecule has 0 radical (unpaired) electrons. The van der Waals surface area contributed by atoms with Gasteiger partial charge in [-0.15, -0.1) is 0 Å². The number of aromatic nitrogens is 1. The average molecular weight is 671 g/mol. The van der Waals surface area contributed by atoms with Crippen LogP contribution in [-0.2, 0) is 29.1 Å². The molecule has 13 heteroatoms. The number of hydrogen-bond acceptors (Lipinski definition) is 5. The third kappa shape index (κ3) is 10.0. The van der Waals surface area contributed by atoms with Gasteiger partial charge in [-0.2, -0.15) is 0 Å². The minimum absolute atomic E-state index is 0.0995. The molecular formula is C36H43FN8O4. The lowest BCUT2D eigenvalue weighted by molar-refractivity contribution is -0.127. The van der Waals surface area contributed by atoms with E-state index in [1.165, 1.54) is 12.1 Å². The number of likely N-dealkylation sites (tertiary alicyclic amines) is 1. The van der Waals surface area contributed by atoms with Gasteiger partial charge in [0.1, 0.15) is 17.9 Å². The number of anilines is 1. The second-order valence-electron chi connectivity index (χ2n) is 12.3. The number of amides is 3. The molecule has 258 valence electrons. The van der Waals surface area contributed by atoms with Crippen molar-refractivity contribution >= 4 is 40.5 Å². The minimum Gasteiger partial charge on any atom is -0.465 e. The maximum absolute atomic E-state index is 13.9. The van der Waals surface area contributed by atoms with Crippen LogP contribution in [0.4, 0.5) is 14.9 Å². The number of hydrogen-bond donors (Lipinski definition) is 6. The van der Waals surface area contributed by atoms with Crippen LogP contribution in [0.25, 0.3) is 10.9 Å². The Balaban J connectivity index is 1.38. The summed E-state index contributed by atoms with van der Waals surface area (Å²) in [6.45, 7) is 3.58. The van der Waals surface area contributed by atoms with Crippen LogP contribution in [-0.4, -0.2) is 70.2 Å². The topological polar surface area (TPSA) is 180 Å². The number of guanidine groups is 1. The van der Waals surface area contributed by atoms with Crippen LogP contribution in [0.3, 0.4) is 0 Å². The summed E-state index contributed by atoms with van der Waals surface area (Å²) in [7, 11) is 0. The normalized spacial score (nSPS) is 14.2. The molecule has 4 aromatic rings. The first-order valence-corrected chi connectivity index (χ1v) is 16.4. The van der Waals surface area contributed by atoms with Gasteiger partial charge in [0.2, 0.25) is 11.8 Å². The molecule has 1 fully saturated rings. The van der Waals surface area contributed by atoms with Crippen molar-refractivity contribution in [3.05, 3.63) is 102 Å². The molecule has 3 amide bonds. The number of nitrogens with one attached hydrogen (secondary N) is 3. The van der Waals surface area contributed by atoms with Gasteiger partial charge in [0.15, 0.2) is 5.96 Å². The zero-order chi connectivity index (χ0) is 34.8. The van der Waals surface area contributed by atoms with Crippen LogP contribution < -0.4 is 27.4 Å². The van der Waals surface area contributed by atoms with E-state index >= 15 is 0 Å². The lowest BCUT2D eigenvalue weighted by atomic mass is 10.0. The molecule has 0 aliphatic carbocycles. The summed E-state index contributed by atoms with van der Waals surface area (Å²) in [6.07, 6.45) is 3.72. The average Bonchev–Trinajstić information content (AvgIpc) is 3.71. The summed E-state index contributed by atoms with van der Waals surface area (Å²) in [4.78, 5) is 45.1. The fourth-order valence-corrected chi connectivity index (χ4v) is 6.16. The van der Waals surface area contributed by atoms with E-state index in [1.54, 1.807) is 12.1 Å². The van der Waals surface area contributed by atoms with Crippen LogP contribution in [0, 0.1) is 5.82 Å². The molecule has 12 nitrogen and oxygen atoms in total. The molecule has 5 rings (SSSR count). The Morgan fingerprint density at radius 1 is 0.878 bits per heavy atom. The Kier molecular flexibility index (Phi) is 11.8. The Labute approximate surface area is 284 Å². The fraction of sp³-hybridized carbons (Fsp3) is 0.333. The van der Waals surface area contributed by atoms with Crippen LogP contribution in [0.5, 0.6) is 0 Å². The van der Waals surface area contributed by atoms with E-state index in [0.29, 0.717) is 18.7 Å². The third-order valence-corrected chi connectivity index (χ3v) is 8.57. The molecule has 1 aliphatic heterocycles. The predicted molar refractivity (Wildman–Crippen MR) is 188 cm³/mol. The van der Waals surface area contributed by atoms with Gasteiger partial charge in [0, 0.05) is 48.8 Å². The number of carboxylic acid groups (broad SMARTS) is 1. The van der Waals surface area contributed by atoms with Crippen molar-refractivity contribution < 1.29 is 23.9 Å². The van der Waals surface area contributed by atoms with Crippen molar-refractivity contribution in [3.63, 3.8) is 0 Å². The number of benzene rings is 3. The summed E-state index contributed by atoms with van der Waals surface area (Å²) < 4.78 is 15.7. The summed E-state index contributed by atoms with van der Waals surface area (Å²) in [5, 5.41) is 18.4. The highest BCUT2D eigenvalue weighted by atomic mass is 19.1. The molecule has 1 saturated heterocycles. The molecule has 3 aromatic carbocycles. The van der Waals surface area contributed by atoms with E-state index in [-0.39, 0.29) is 31.2 Å². The van der Waals surface area contributed by atoms with Gasteiger partial charge < -0.3 is 37.1 Å². The van der Waals surface area contributed by atoms with Crippen LogP contribution in [0.2, 0.25) is 0 Å². The third-order valence-electron chi connectivity index (χ3n) is 8.57. The molecule has 2 unspecified atom stereocenters. The maximum atomic E-state index is 13.9. The van der Waals surface area contributed by atoms with E-state index in [1.807, 2.05) is 48.5 Å². The van der Waals surface area contributed by atoms with E-state index in [2.05, 4.69) is 36.6 Å². The monoisotopic (exact) mass is 670 g/mol. The van der Waals surface area contributed by atoms with Crippen molar-refractivity contribution in [2.45, 2.75) is 57.3 Å². The summed E-state index contributed by atoms with van der Waals surface area (Å²) in [5.41, 5.74) is 15.2. The van der Waals surface area contributed by atoms with Gasteiger partial charge in [-0.1, -0.05) is 42.5 Å². The van der Waals surface area contributed by atoms with Crippen molar-refractivity contribution in [3.8, 4) is 0 Å².